The second-order valence-corrected chi connectivity index (χ2v) is 4.74. The number of halogens is 1. The van der Waals surface area contributed by atoms with E-state index in [2.05, 4.69) is 19.2 Å². The SMILES string of the molecule is CCCNC(c1ccc(F)cc1)C(C)CCOC. The van der Waals surface area contributed by atoms with Gasteiger partial charge in [0.15, 0.2) is 0 Å². The lowest BCUT2D eigenvalue weighted by molar-refractivity contribution is 0.170. The highest BCUT2D eigenvalue weighted by atomic mass is 19.1. The van der Waals surface area contributed by atoms with E-state index in [1.165, 1.54) is 12.1 Å². The predicted molar refractivity (Wildman–Crippen MR) is 73.1 cm³/mol. The third-order valence-electron chi connectivity index (χ3n) is 3.19. The minimum Gasteiger partial charge on any atom is -0.385 e. The van der Waals surface area contributed by atoms with Crippen molar-refractivity contribution in [3.05, 3.63) is 35.6 Å². The van der Waals surface area contributed by atoms with Crippen molar-refractivity contribution in [2.24, 2.45) is 5.92 Å². The molecule has 0 saturated heterocycles. The van der Waals surface area contributed by atoms with Crippen LogP contribution in [0.25, 0.3) is 0 Å². The average Bonchev–Trinajstić information content (AvgIpc) is 2.38. The largest absolute Gasteiger partial charge is 0.385 e. The van der Waals surface area contributed by atoms with E-state index in [1.54, 1.807) is 7.11 Å². The van der Waals surface area contributed by atoms with Gasteiger partial charge >= 0.3 is 0 Å². The molecule has 2 nitrogen and oxygen atoms in total. The van der Waals surface area contributed by atoms with Crippen LogP contribution in [-0.4, -0.2) is 20.3 Å². The van der Waals surface area contributed by atoms with Crippen LogP contribution < -0.4 is 5.32 Å². The van der Waals surface area contributed by atoms with Gasteiger partial charge in [-0.2, -0.15) is 0 Å². The van der Waals surface area contributed by atoms with Crippen molar-refractivity contribution in [1.29, 1.82) is 0 Å². The number of rotatable bonds is 8. The van der Waals surface area contributed by atoms with Crippen LogP contribution in [0.5, 0.6) is 0 Å². The lowest BCUT2D eigenvalue weighted by atomic mass is 9.92. The number of benzene rings is 1. The molecule has 0 amide bonds. The maximum atomic E-state index is 13.0. The first kappa shape index (κ1) is 15.1. The summed E-state index contributed by atoms with van der Waals surface area (Å²) in [5.41, 5.74) is 1.15. The molecule has 0 bridgehead atoms. The van der Waals surface area contributed by atoms with Gasteiger partial charge in [-0.15, -0.1) is 0 Å². The van der Waals surface area contributed by atoms with Crippen molar-refractivity contribution < 1.29 is 9.13 Å². The standard InChI is InChI=1S/C15H24FNO/c1-4-10-17-15(12(2)9-11-18-3)13-5-7-14(16)8-6-13/h5-8,12,15,17H,4,9-11H2,1-3H3. The van der Waals surface area contributed by atoms with Crippen LogP contribution in [-0.2, 0) is 4.74 Å². The van der Waals surface area contributed by atoms with Crippen LogP contribution in [0.3, 0.4) is 0 Å². The van der Waals surface area contributed by atoms with Gasteiger partial charge < -0.3 is 10.1 Å². The Morgan fingerprint density at radius 3 is 2.50 bits per heavy atom. The van der Waals surface area contributed by atoms with E-state index < -0.39 is 0 Å². The van der Waals surface area contributed by atoms with E-state index in [-0.39, 0.29) is 11.9 Å². The molecule has 0 heterocycles. The zero-order chi connectivity index (χ0) is 13.4. The van der Waals surface area contributed by atoms with Crippen LogP contribution in [0.1, 0.15) is 38.3 Å². The van der Waals surface area contributed by atoms with Crippen molar-refractivity contribution in [2.45, 2.75) is 32.7 Å². The van der Waals surface area contributed by atoms with E-state index in [9.17, 15) is 4.39 Å². The number of nitrogens with one attached hydrogen (secondary N) is 1. The fourth-order valence-corrected chi connectivity index (χ4v) is 2.09. The topological polar surface area (TPSA) is 21.3 Å². The molecule has 1 N–H and O–H groups in total. The molecule has 1 aromatic rings. The summed E-state index contributed by atoms with van der Waals surface area (Å²) < 4.78 is 18.1. The molecule has 0 saturated carbocycles. The van der Waals surface area contributed by atoms with E-state index >= 15 is 0 Å². The van der Waals surface area contributed by atoms with Crippen molar-refractivity contribution in [3.63, 3.8) is 0 Å². The molecule has 18 heavy (non-hydrogen) atoms. The Bertz CT molecular complexity index is 326. The third-order valence-corrected chi connectivity index (χ3v) is 3.19. The third kappa shape index (κ3) is 4.75. The zero-order valence-electron chi connectivity index (χ0n) is 11.6. The molecule has 102 valence electrons. The Balaban J connectivity index is 2.73. The molecule has 0 aliphatic rings. The maximum Gasteiger partial charge on any atom is 0.123 e. The molecule has 2 unspecified atom stereocenters. The number of ether oxygens (including phenoxy) is 1. The summed E-state index contributed by atoms with van der Waals surface area (Å²) in [6.45, 7) is 6.08. The molecular formula is C15H24FNO. The Kier molecular flexibility index (Phi) is 6.91. The summed E-state index contributed by atoms with van der Waals surface area (Å²) in [6.07, 6.45) is 2.09. The molecule has 0 aliphatic heterocycles. The maximum absolute atomic E-state index is 13.0. The summed E-state index contributed by atoms with van der Waals surface area (Å²) in [5.74, 6) is 0.277. The molecule has 0 aromatic heterocycles. The summed E-state index contributed by atoms with van der Waals surface area (Å²) in [5, 5.41) is 3.54. The normalized spacial score (nSPS) is 14.4. The quantitative estimate of drug-likeness (QED) is 0.765. The van der Waals surface area contributed by atoms with Crippen LogP contribution in [0, 0.1) is 11.7 Å². The minimum atomic E-state index is -0.183. The number of hydrogen-bond acceptors (Lipinski definition) is 2. The van der Waals surface area contributed by atoms with Gasteiger partial charge in [0.2, 0.25) is 0 Å². The molecule has 0 radical (unpaired) electrons. The number of hydrogen-bond donors (Lipinski definition) is 1. The monoisotopic (exact) mass is 253 g/mol. The number of methoxy groups -OCH3 is 1. The highest BCUT2D eigenvalue weighted by molar-refractivity contribution is 5.20. The van der Waals surface area contributed by atoms with Crippen LogP contribution in [0.15, 0.2) is 24.3 Å². The van der Waals surface area contributed by atoms with E-state index in [0.717, 1.165) is 31.6 Å². The van der Waals surface area contributed by atoms with Gasteiger partial charge in [-0.3, -0.25) is 0 Å². The van der Waals surface area contributed by atoms with Gasteiger partial charge in [0.1, 0.15) is 5.82 Å². The summed E-state index contributed by atoms with van der Waals surface area (Å²) in [7, 11) is 1.72. The second kappa shape index (κ2) is 8.22. The highest BCUT2D eigenvalue weighted by Crippen LogP contribution is 2.24. The second-order valence-electron chi connectivity index (χ2n) is 4.74. The summed E-state index contributed by atoms with van der Waals surface area (Å²) in [6, 6.07) is 7.05. The summed E-state index contributed by atoms with van der Waals surface area (Å²) in [4.78, 5) is 0. The molecule has 0 aliphatic carbocycles. The fourth-order valence-electron chi connectivity index (χ4n) is 2.09. The molecule has 1 rings (SSSR count). The Labute approximate surface area is 110 Å². The van der Waals surface area contributed by atoms with Gasteiger partial charge in [0, 0.05) is 19.8 Å². The van der Waals surface area contributed by atoms with Crippen LogP contribution in [0.4, 0.5) is 4.39 Å². The van der Waals surface area contributed by atoms with Crippen LogP contribution in [0.2, 0.25) is 0 Å². The predicted octanol–water partition coefficient (Wildman–Crippen LogP) is 3.54. The molecule has 2 atom stereocenters. The summed E-state index contributed by atoms with van der Waals surface area (Å²) >= 11 is 0. The lowest BCUT2D eigenvalue weighted by Crippen LogP contribution is -2.28. The zero-order valence-corrected chi connectivity index (χ0v) is 11.6. The molecule has 3 heteroatoms. The first-order valence-corrected chi connectivity index (χ1v) is 6.66. The van der Waals surface area contributed by atoms with Gasteiger partial charge in [-0.1, -0.05) is 26.0 Å². The van der Waals surface area contributed by atoms with Gasteiger partial charge in [0.25, 0.3) is 0 Å². The van der Waals surface area contributed by atoms with E-state index in [1.807, 2.05) is 12.1 Å². The fraction of sp³-hybridized carbons (Fsp3) is 0.600. The van der Waals surface area contributed by atoms with Crippen molar-refractivity contribution in [2.75, 3.05) is 20.3 Å². The Hall–Kier alpha value is -0.930. The first-order chi connectivity index (χ1) is 8.69. The van der Waals surface area contributed by atoms with E-state index in [4.69, 9.17) is 4.74 Å². The van der Waals surface area contributed by atoms with Crippen molar-refractivity contribution in [1.82, 2.24) is 5.32 Å². The van der Waals surface area contributed by atoms with Crippen LogP contribution >= 0.6 is 0 Å². The molecule has 0 spiro atoms. The molecule has 1 aromatic carbocycles. The van der Waals surface area contributed by atoms with Crippen molar-refractivity contribution in [3.8, 4) is 0 Å². The van der Waals surface area contributed by atoms with Gasteiger partial charge in [-0.25, -0.2) is 4.39 Å². The molecular weight excluding hydrogens is 229 g/mol. The first-order valence-electron chi connectivity index (χ1n) is 6.66. The van der Waals surface area contributed by atoms with Crippen molar-refractivity contribution >= 4 is 0 Å². The molecule has 0 fully saturated rings. The average molecular weight is 253 g/mol. The minimum absolute atomic E-state index is 0.183. The smallest absolute Gasteiger partial charge is 0.123 e. The van der Waals surface area contributed by atoms with E-state index in [0.29, 0.717) is 5.92 Å². The van der Waals surface area contributed by atoms with Gasteiger partial charge in [-0.05, 0) is 43.0 Å². The Morgan fingerprint density at radius 2 is 1.94 bits per heavy atom. The highest BCUT2D eigenvalue weighted by Gasteiger charge is 2.18. The Morgan fingerprint density at radius 1 is 1.28 bits per heavy atom. The van der Waals surface area contributed by atoms with Gasteiger partial charge in [0.05, 0.1) is 0 Å². The lowest BCUT2D eigenvalue weighted by Gasteiger charge is -2.25.